The minimum Gasteiger partial charge on any atom is -0.341 e. The summed E-state index contributed by atoms with van der Waals surface area (Å²) in [6, 6.07) is 3.91. The largest absolute Gasteiger partial charge is 0.341 e. The highest BCUT2D eigenvalue weighted by atomic mass is 16.2. The van der Waals surface area contributed by atoms with Crippen molar-refractivity contribution in [1.29, 1.82) is 0 Å². The molecule has 0 spiro atoms. The summed E-state index contributed by atoms with van der Waals surface area (Å²) in [5.41, 5.74) is 1.08. The van der Waals surface area contributed by atoms with E-state index in [1.807, 2.05) is 25.4 Å². The van der Waals surface area contributed by atoms with Gasteiger partial charge >= 0.3 is 0 Å². The highest BCUT2D eigenvalue weighted by Crippen LogP contribution is 2.18. The second-order valence-corrected chi connectivity index (χ2v) is 5.34. The highest BCUT2D eigenvalue weighted by molar-refractivity contribution is 5.75. The van der Waals surface area contributed by atoms with E-state index in [1.54, 1.807) is 11.1 Å². The zero-order valence-electron chi connectivity index (χ0n) is 11.6. The third-order valence-electron chi connectivity index (χ3n) is 3.79. The average molecular weight is 261 g/mol. The predicted molar refractivity (Wildman–Crippen MR) is 75.5 cm³/mol. The molecule has 0 aromatic carbocycles. The molecule has 1 fully saturated rings. The van der Waals surface area contributed by atoms with Crippen molar-refractivity contribution in [3.05, 3.63) is 30.1 Å². The first-order valence-corrected chi connectivity index (χ1v) is 7.09. The molecule has 1 amide bonds. The minimum absolute atomic E-state index is 0.238. The standard InChI is InChI=1S/C15H23N3O/c1-18(12-14-3-2-8-17-11-14)15(19)5-4-13-6-9-16-10-7-13/h2-3,8,11,13,16H,4-7,9-10,12H2,1H3. The van der Waals surface area contributed by atoms with Crippen molar-refractivity contribution in [3.63, 3.8) is 0 Å². The number of hydrogen-bond acceptors (Lipinski definition) is 3. The van der Waals surface area contributed by atoms with Crippen LogP contribution in [-0.2, 0) is 11.3 Å². The Kier molecular flexibility index (Phi) is 5.33. The SMILES string of the molecule is CN(Cc1cccnc1)C(=O)CCC1CCNCC1. The molecule has 0 saturated carbocycles. The molecule has 0 bridgehead atoms. The maximum atomic E-state index is 12.1. The van der Waals surface area contributed by atoms with Crippen LogP contribution in [0.25, 0.3) is 0 Å². The van der Waals surface area contributed by atoms with E-state index in [0.717, 1.165) is 31.0 Å². The molecule has 2 heterocycles. The molecule has 0 aliphatic carbocycles. The Morgan fingerprint density at radius 2 is 2.26 bits per heavy atom. The van der Waals surface area contributed by atoms with Crippen LogP contribution in [0.4, 0.5) is 0 Å². The van der Waals surface area contributed by atoms with Gasteiger partial charge in [-0.1, -0.05) is 6.07 Å². The number of aromatic nitrogens is 1. The molecule has 1 aliphatic heterocycles. The van der Waals surface area contributed by atoms with E-state index in [-0.39, 0.29) is 5.91 Å². The molecule has 1 N–H and O–H groups in total. The summed E-state index contributed by atoms with van der Waals surface area (Å²) in [6.45, 7) is 2.85. The predicted octanol–water partition coefficient (Wildman–Crippen LogP) is 1.82. The summed E-state index contributed by atoms with van der Waals surface area (Å²) in [5.74, 6) is 0.958. The molecular formula is C15H23N3O. The van der Waals surface area contributed by atoms with E-state index < -0.39 is 0 Å². The zero-order chi connectivity index (χ0) is 13.5. The number of carbonyl (C=O) groups excluding carboxylic acids is 1. The molecule has 0 atom stereocenters. The van der Waals surface area contributed by atoms with Crippen molar-refractivity contribution in [2.45, 2.75) is 32.2 Å². The molecule has 0 unspecified atom stereocenters. The molecule has 1 aliphatic rings. The molecule has 2 rings (SSSR count). The van der Waals surface area contributed by atoms with Crippen molar-refractivity contribution in [3.8, 4) is 0 Å². The molecule has 4 nitrogen and oxygen atoms in total. The van der Waals surface area contributed by atoms with E-state index in [1.165, 1.54) is 12.8 Å². The van der Waals surface area contributed by atoms with Crippen molar-refractivity contribution >= 4 is 5.91 Å². The van der Waals surface area contributed by atoms with Gasteiger partial charge in [0.05, 0.1) is 0 Å². The molecular weight excluding hydrogens is 238 g/mol. The summed E-state index contributed by atoms with van der Waals surface area (Å²) in [7, 11) is 1.87. The van der Waals surface area contributed by atoms with Crippen LogP contribution in [0.1, 0.15) is 31.2 Å². The highest BCUT2D eigenvalue weighted by Gasteiger charge is 2.16. The van der Waals surface area contributed by atoms with Gasteiger partial charge in [-0.25, -0.2) is 0 Å². The third kappa shape index (κ3) is 4.63. The smallest absolute Gasteiger partial charge is 0.222 e. The number of amides is 1. The number of hydrogen-bond donors (Lipinski definition) is 1. The summed E-state index contributed by atoms with van der Waals surface area (Å²) >= 11 is 0. The van der Waals surface area contributed by atoms with Crippen molar-refractivity contribution in [2.24, 2.45) is 5.92 Å². The van der Waals surface area contributed by atoms with Gasteiger partial charge in [0.2, 0.25) is 5.91 Å². The van der Waals surface area contributed by atoms with E-state index >= 15 is 0 Å². The Hall–Kier alpha value is -1.42. The van der Waals surface area contributed by atoms with Crippen LogP contribution in [0.3, 0.4) is 0 Å². The van der Waals surface area contributed by atoms with Crippen molar-refractivity contribution in [1.82, 2.24) is 15.2 Å². The van der Waals surface area contributed by atoms with E-state index in [2.05, 4.69) is 10.3 Å². The van der Waals surface area contributed by atoms with Crippen molar-refractivity contribution in [2.75, 3.05) is 20.1 Å². The molecule has 1 aromatic heterocycles. The van der Waals surface area contributed by atoms with Gasteiger partial charge in [0.15, 0.2) is 0 Å². The lowest BCUT2D eigenvalue weighted by Crippen LogP contribution is -2.30. The van der Waals surface area contributed by atoms with Crippen LogP contribution < -0.4 is 5.32 Å². The Balaban J connectivity index is 1.73. The minimum atomic E-state index is 0.238. The molecule has 4 heteroatoms. The second kappa shape index (κ2) is 7.24. The number of piperidine rings is 1. The Morgan fingerprint density at radius 1 is 1.47 bits per heavy atom. The van der Waals surface area contributed by atoms with Gasteiger partial charge in [0.1, 0.15) is 0 Å². The molecule has 1 saturated heterocycles. The van der Waals surface area contributed by atoms with Crippen molar-refractivity contribution < 1.29 is 4.79 Å². The number of carbonyl (C=O) groups is 1. The topological polar surface area (TPSA) is 45.2 Å². The van der Waals surface area contributed by atoms with Gasteiger partial charge in [-0.05, 0) is 49.9 Å². The van der Waals surface area contributed by atoms with E-state index in [9.17, 15) is 4.79 Å². The number of nitrogens with zero attached hydrogens (tertiary/aromatic N) is 2. The lowest BCUT2D eigenvalue weighted by molar-refractivity contribution is -0.130. The summed E-state index contributed by atoms with van der Waals surface area (Å²) in [5, 5.41) is 3.36. The molecule has 104 valence electrons. The average Bonchev–Trinajstić information content (AvgIpc) is 2.47. The summed E-state index contributed by atoms with van der Waals surface area (Å²) in [6.07, 6.45) is 7.68. The molecule has 19 heavy (non-hydrogen) atoms. The van der Waals surface area contributed by atoms with Crippen LogP contribution in [0, 0.1) is 5.92 Å². The van der Waals surface area contributed by atoms with Gasteiger partial charge in [-0.2, -0.15) is 0 Å². The third-order valence-corrected chi connectivity index (χ3v) is 3.79. The van der Waals surface area contributed by atoms with Crippen LogP contribution in [0.15, 0.2) is 24.5 Å². The van der Waals surface area contributed by atoms with E-state index in [0.29, 0.717) is 13.0 Å². The number of rotatable bonds is 5. The fraction of sp³-hybridized carbons (Fsp3) is 0.600. The first kappa shape index (κ1) is 14.0. The summed E-state index contributed by atoms with van der Waals surface area (Å²) in [4.78, 5) is 18.0. The lowest BCUT2D eigenvalue weighted by atomic mass is 9.93. The van der Waals surface area contributed by atoms with Crippen LogP contribution in [-0.4, -0.2) is 35.9 Å². The normalized spacial score (nSPS) is 16.3. The zero-order valence-corrected chi connectivity index (χ0v) is 11.6. The van der Waals surface area contributed by atoms with Gasteiger partial charge in [-0.15, -0.1) is 0 Å². The Bertz CT molecular complexity index is 388. The van der Waals surface area contributed by atoms with Gasteiger partial charge < -0.3 is 10.2 Å². The Morgan fingerprint density at radius 3 is 2.95 bits per heavy atom. The van der Waals surface area contributed by atoms with Crippen LogP contribution in [0.5, 0.6) is 0 Å². The fourth-order valence-electron chi connectivity index (χ4n) is 2.54. The van der Waals surface area contributed by atoms with Crippen LogP contribution >= 0.6 is 0 Å². The first-order valence-electron chi connectivity index (χ1n) is 7.09. The lowest BCUT2D eigenvalue weighted by Gasteiger charge is -2.23. The van der Waals surface area contributed by atoms with Gasteiger partial charge in [0, 0.05) is 32.4 Å². The Labute approximate surface area is 115 Å². The van der Waals surface area contributed by atoms with Gasteiger partial charge in [0.25, 0.3) is 0 Å². The van der Waals surface area contributed by atoms with Gasteiger partial charge in [-0.3, -0.25) is 9.78 Å². The maximum Gasteiger partial charge on any atom is 0.222 e. The van der Waals surface area contributed by atoms with Crippen LogP contribution in [0.2, 0.25) is 0 Å². The monoisotopic (exact) mass is 261 g/mol. The first-order chi connectivity index (χ1) is 9.25. The molecule has 0 radical (unpaired) electrons. The molecule has 1 aromatic rings. The quantitative estimate of drug-likeness (QED) is 0.879. The number of nitrogens with one attached hydrogen (secondary N) is 1. The summed E-state index contributed by atoms with van der Waals surface area (Å²) < 4.78 is 0. The fourth-order valence-corrected chi connectivity index (χ4v) is 2.54. The maximum absolute atomic E-state index is 12.1. The van der Waals surface area contributed by atoms with E-state index in [4.69, 9.17) is 0 Å². The second-order valence-electron chi connectivity index (χ2n) is 5.34. The number of pyridine rings is 1.